The molecule has 0 bridgehead atoms. The highest BCUT2D eigenvalue weighted by Crippen LogP contribution is 2.33. The SMILES string of the molecule is [O-][S@+]1CCc2nc(Cl)nc(NC3CC(O)C3)c21. The van der Waals surface area contributed by atoms with E-state index in [1.807, 2.05) is 0 Å². The lowest BCUT2D eigenvalue weighted by atomic mass is 9.89. The molecule has 17 heavy (non-hydrogen) atoms. The van der Waals surface area contributed by atoms with Crippen LogP contribution in [0, 0.1) is 0 Å². The molecule has 3 rings (SSSR count). The fourth-order valence-corrected chi connectivity index (χ4v) is 3.66. The molecule has 92 valence electrons. The molecular weight excluding hydrogens is 262 g/mol. The fourth-order valence-electron chi connectivity index (χ4n) is 2.16. The number of halogens is 1. The maximum Gasteiger partial charge on any atom is 0.224 e. The quantitative estimate of drug-likeness (QED) is 0.613. The van der Waals surface area contributed by atoms with Gasteiger partial charge in [0.05, 0.1) is 6.10 Å². The van der Waals surface area contributed by atoms with Crippen LogP contribution in [0.5, 0.6) is 0 Å². The number of rotatable bonds is 2. The number of aliphatic hydroxyl groups is 1. The number of aliphatic hydroxyl groups excluding tert-OH is 1. The van der Waals surface area contributed by atoms with Crippen molar-refractivity contribution in [3.63, 3.8) is 0 Å². The summed E-state index contributed by atoms with van der Waals surface area (Å²) in [6.07, 6.45) is 1.85. The van der Waals surface area contributed by atoms with Gasteiger partial charge in [-0.1, -0.05) is 0 Å². The van der Waals surface area contributed by atoms with Crippen molar-refractivity contribution in [2.75, 3.05) is 11.1 Å². The van der Waals surface area contributed by atoms with Gasteiger partial charge in [-0.15, -0.1) is 0 Å². The minimum Gasteiger partial charge on any atom is -0.611 e. The summed E-state index contributed by atoms with van der Waals surface area (Å²) in [5.41, 5.74) is 0.783. The first-order chi connectivity index (χ1) is 8.13. The predicted octanol–water partition coefficient (Wildman–Crippen LogP) is 0.729. The molecule has 1 aliphatic carbocycles. The van der Waals surface area contributed by atoms with Crippen LogP contribution in [0.3, 0.4) is 0 Å². The van der Waals surface area contributed by atoms with Crippen LogP contribution in [-0.4, -0.2) is 37.5 Å². The normalized spacial score (nSPS) is 30.9. The van der Waals surface area contributed by atoms with E-state index in [1.54, 1.807) is 0 Å². The maximum absolute atomic E-state index is 11.8. The molecule has 1 aliphatic heterocycles. The molecule has 0 saturated heterocycles. The monoisotopic (exact) mass is 273 g/mol. The van der Waals surface area contributed by atoms with E-state index in [2.05, 4.69) is 15.3 Å². The summed E-state index contributed by atoms with van der Waals surface area (Å²) in [5, 5.41) is 12.6. The van der Waals surface area contributed by atoms with Gasteiger partial charge in [0.2, 0.25) is 10.2 Å². The third-order valence-corrected chi connectivity index (χ3v) is 4.74. The number of nitrogens with one attached hydrogen (secondary N) is 1. The van der Waals surface area contributed by atoms with Gasteiger partial charge >= 0.3 is 0 Å². The van der Waals surface area contributed by atoms with Crippen LogP contribution >= 0.6 is 11.6 Å². The Balaban J connectivity index is 1.88. The predicted molar refractivity (Wildman–Crippen MR) is 64.7 cm³/mol. The van der Waals surface area contributed by atoms with Crippen molar-refractivity contribution in [2.24, 2.45) is 0 Å². The van der Waals surface area contributed by atoms with Crippen LogP contribution in [0.15, 0.2) is 4.90 Å². The van der Waals surface area contributed by atoms with Gasteiger partial charge in [-0.3, -0.25) is 0 Å². The lowest BCUT2D eigenvalue weighted by molar-refractivity contribution is 0.0834. The van der Waals surface area contributed by atoms with Gasteiger partial charge in [0.1, 0.15) is 11.4 Å². The van der Waals surface area contributed by atoms with Crippen LogP contribution in [-0.2, 0) is 17.6 Å². The van der Waals surface area contributed by atoms with E-state index in [1.165, 1.54) is 0 Å². The molecule has 2 aliphatic rings. The molecule has 0 amide bonds. The summed E-state index contributed by atoms with van der Waals surface area (Å²) in [5.74, 6) is 1.17. The third kappa shape index (κ3) is 2.10. The zero-order chi connectivity index (χ0) is 12.0. The molecule has 1 saturated carbocycles. The van der Waals surface area contributed by atoms with Crippen molar-refractivity contribution in [3.05, 3.63) is 11.0 Å². The van der Waals surface area contributed by atoms with Crippen molar-refractivity contribution in [1.29, 1.82) is 0 Å². The van der Waals surface area contributed by atoms with Crippen molar-refractivity contribution in [2.45, 2.75) is 36.3 Å². The second-order valence-corrected chi connectivity index (χ2v) is 6.23. The Morgan fingerprint density at radius 3 is 2.88 bits per heavy atom. The zero-order valence-electron chi connectivity index (χ0n) is 9.02. The van der Waals surface area contributed by atoms with Crippen LogP contribution < -0.4 is 5.32 Å². The molecule has 7 heteroatoms. The highest BCUT2D eigenvalue weighted by Gasteiger charge is 2.34. The van der Waals surface area contributed by atoms with Gasteiger partial charge in [0.15, 0.2) is 5.82 Å². The first kappa shape index (κ1) is 11.5. The van der Waals surface area contributed by atoms with Gasteiger partial charge in [0, 0.05) is 12.5 Å². The van der Waals surface area contributed by atoms with Crippen molar-refractivity contribution in [1.82, 2.24) is 9.97 Å². The van der Waals surface area contributed by atoms with Crippen molar-refractivity contribution in [3.8, 4) is 0 Å². The van der Waals surface area contributed by atoms with Crippen LogP contribution in [0.4, 0.5) is 5.82 Å². The topological polar surface area (TPSA) is 81.1 Å². The van der Waals surface area contributed by atoms with E-state index >= 15 is 0 Å². The summed E-state index contributed by atoms with van der Waals surface area (Å²) in [7, 11) is 0. The van der Waals surface area contributed by atoms with E-state index < -0.39 is 11.2 Å². The number of aryl methyl sites for hydroxylation is 1. The fraction of sp³-hybridized carbons (Fsp3) is 0.600. The third-order valence-electron chi connectivity index (χ3n) is 3.11. The summed E-state index contributed by atoms with van der Waals surface area (Å²) in [6.45, 7) is 0. The molecule has 1 fully saturated rings. The van der Waals surface area contributed by atoms with E-state index in [-0.39, 0.29) is 17.4 Å². The molecule has 1 aromatic heterocycles. The average molecular weight is 274 g/mol. The van der Waals surface area contributed by atoms with E-state index in [0.717, 1.165) is 5.69 Å². The largest absolute Gasteiger partial charge is 0.611 e. The van der Waals surface area contributed by atoms with Gasteiger partial charge in [-0.05, 0) is 35.6 Å². The number of hydrogen-bond acceptors (Lipinski definition) is 5. The summed E-state index contributed by atoms with van der Waals surface area (Å²) >= 11 is 4.81. The smallest absolute Gasteiger partial charge is 0.224 e. The number of aromatic nitrogens is 2. The van der Waals surface area contributed by atoms with Crippen LogP contribution in [0.1, 0.15) is 18.5 Å². The molecule has 0 aromatic carbocycles. The number of fused-ring (bicyclic) bond motifs is 1. The van der Waals surface area contributed by atoms with Gasteiger partial charge in [0.25, 0.3) is 0 Å². The average Bonchev–Trinajstić information content (AvgIpc) is 2.58. The summed E-state index contributed by atoms with van der Waals surface area (Å²) in [6, 6.07) is 0.192. The Morgan fingerprint density at radius 1 is 1.41 bits per heavy atom. The highest BCUT2D eigenvalue weighted by molar-refractivity contribution is 7.91. The van der Waals surface area contributed by atoms with Gasteiger partial charge < -0.3 is 15.0 Å². The van der Waals surface area contributed by atoms with E-state index in [9.17, 15) is 9.66 Å². The zero-order valence-corrected chi connectivity index (χ0v) is 10.6. The van der Waals surface area contributed by atoms with Crippen molar-refractivity contribution < 1.29 is 9.66 Å². The molecule has 5 nitrogen and oxygen atoms in total. The summed E-state index contributed by atoms with van der Waals surface area (Å²) < 4.78 is 11.8. The lowest BCUT2D eigenvalue weighted by Crippen LogP contribution is -2.39. The first-order valence-corrected chi connectivity index (χ1v) is 7.22. The Morgan fingerprint density at radius 2 is 2.18 bits per heavy atom. The second-order valence-electron chi connectivity index (χ2n) is 4.38. The van der Waals surface area contributed by atoms with Crippen LogP contribution in [0.2, 0.25) is 5.28 Å². The Hall–Kier alpha value is -0.560. The molecule has 1 aromatic rings. The van der Waals surface area contributed by atoms with E-state index in [4.69, 9.17) is 11.6 Å². The van der Waals surface area contributed by atoms with Crippen LogP contribution in [0.25, 0.3) is 0 Å². The molecule has 2 N–H and O–H groups in total. The summed E-state index contributed by atoms with van der Waals surface area (Å²) in [4.78, 5) is 8.90. The molecule has 0 radical (unpaired) electrons. The Labute approximate surface area is 107 Å². The number of anilines is 1. The number of nitrogens with zero attached hydrogens (tertiary/aromatic N) is 2. The standard InChI is InChI=1S/C10H12ClN3O2S/c11-10-13-7-1-2-17(16)8(7)9(14-10)12-5-3-6(15)4-5/h5-6,15H,1-4H2,(H,12,13,14)/t5?,6?,17-/m1/s1. The molecule has 1 atom stereocenters. The van der Waals surface area contributed by atoms with E-state index in [0.29, 0.717) is 35.7 Å². The van der Waals surface area contributed by atoms with Crippen molar-refractivity contribution >= 4 is 28.6 Å². The first-order valence-electron chi connectivity index (χ1n) is 5.53. The number of hydrogen-bond donors (Lipinski definition) is 2. The second kappa shape index (κ2) is 4.28. The Kier molecular flexibility index (Phi) is 2.90. The molecule has 0 unspecified atom stereocenters. The molecule has 2 heterocycles. The minimum absolute atomic E-state index is 0.185. The minimum atomic E-state index is -1.03. The van der Waals surface area contributed by atoms with Gasteiger partial charge in [-0.2, -0.15) is 4.98 Å². The highest BCUT2D eigenvalue weighted by atomic mass is 35.5. The maximum atomic E-state index is 11.8. The van der Waals surface area contributed by atoms with Gasteiger partial charge in [-0.25, -0.2) is 4.98 Å². The molecular formula is C10H12ClN3O2S. The molecule has 0 spiro atoms. The lowest BCUT2D eigenvalue weighted by Gasteiger charge is -2.32. The Bertz CT molecular complexity index is 453.